The standard InChI is InChI=1S/C13H23NO/c1-4-5-6-10-14-12(15)11-8-7-9-13(11,2)3/h4-5,11H,6-10H2,1-3H3,(H,14,15)/b5-4+. The summed E-state index contributed by atoms with van der Waals surface area (Å²) < 4.78 is 0. The summed E-state index contributed by atoms with van der Waals surface area (Å²) >= 11 is 0. The molecule has 1 rings (SSSR count). The van der Waals surface area contributed by atoms with Gasteiger partial charge in [0.1, 0.15) is 0 Å². The van der Waals surface area contributed by atoms with Gasteiger partial charge in [-0.05, 0) is 31.6 Å². The Morgan fingerprint density at radius 3 is 2.80 bits per heavy atom. The van der Waals surface area contributed by atoms with Crippen LogP contribution >= 0.6 is 0 Å². The monoisotopic (exact) mass is 209 g/mol. The molecular weight excluding hydrogens is 186 g/mol. The van der Waals surface area contributed by atoms with Crippen molar-refractivity contribution in [1.82, 2.24) is 5.32 Å². The molecule has 0 aromatic rings. The van der Waals surface area contributed by atoms with Gasteiger partial charge in [0.2, 0.25) is 5.91 Å². The summed E-state index contributed by atoms with van der Waals surface area (Å²) in [4.78, 5) is 11.9. The number of amides is 1. The molecule has 0 radical (unpaired) electrons. The fourth-order valence-electron chi connectivity index (χ4n) is 2.38. The second kappa shape index (κ2) is 5.34. The maximum Gasteiger partial charge on any atom is 0.223 e. The average Bonchev–Trinajstić information content (AvgIpc) is 2.52. The van der Waals surface area contributed by atoms with Crippen molar-refractivity contribution in [2.24, 2.45) is 11.3 Å². The van der Waals surface area contributed by atoms with Gasteiger partial charge in [0.25, 0.3) is 0 Å². The Kier molecular flexibility index (Phi) is 4.37. The van der Waals surface area contributed by atoms with Gasteiger partial charge in [0.05, 0.1) is 0 Å². The number of carbonyl (C=O) groups is 1. The normalized spacial score (nSPS) is 24.6. The summed E-state index contributed by atoms with van der Waals surface area (Å²) in [6.45, 7) is 7.18. The lowest BCUT2D eigenvalue weighted by Crippen LogP contribution is -2.36. The van der Waals surface area contributed by atoms with Crippen LogP contribution in [0.25, 0.3) is 0 Å². The molecule has 15 heavy (non-hydrogen) atoms. The predicted molar refractivity (Wildman–Crippen MR) is 63.6 cm³/mol. The first-order valence-corrected chi connectivity index (χ1v) is 5.97. The van der Waals surface area contributed by atoms with E-state index in [0.29, 0.717) is 0 Å². The second-order valence-corrected chi connectivity index (χ2v) is 5.08. The van der Waals surface area contributed by atoms with E-state index in [4.69, 9.17) is 0 Å². The van der Waals surface area contributed by atoms with Gasteiger partial charge in [-0.2, -0.15) is 0 Å². The van der Waals surface area contributed by atoms with Gasteiger partial charge in [-0.25, -0.2) is 0 Å². The maximum atomic E-state index is 11.9. The third kappa shape index (κ3) is 3.37. The van der Waals surface area contributed by atoms with Crippen LogP contribution in [0.2, 0.25) is 0 Å². The fourth-order valence-corrected chi connectivity index (χ4v) is 2.38. The fraction of sp³-hybridized carbons (Fsp3) is 0.769. The highest BCUT2D eigenvalue weighted by Gasteiger charge is 2.38. The highest BCUT2D eigenvalue weighted by Crippen LogP contribution is 2.42. The number of nitrogens with one attached hydrogen (secondary N) is 1. The number of rotatable bonds is 4. The molecule has 0 aromatic carbocycles. The Labute approximate surface area is 93.1 Å². The van der Waals surface area contributed by atoms with Crippen LogP contribution in [-0.4, -0.2) is 12.5 Å². The van der Waals surface area contributed by atoms with Crippen molar-refractivity contribution in [2.75, 3.05) is 6.54 Å². The van der Waals surface area contributed by atoms with E-state index < -0.39 is 0 Å². The molecule has 2 heteroatoms. The Morgan fingerprint density at radius 2 is 2.27 bits per heavy atom. The van der Waals surface area contributed by atoms with Crippen molar-refractivity contribution in [1.29, 1.82) is 0 Å². The molecule has 1 saturated carbocycles. The van der Waals surface area contributed by atoms with Crippen LogP contribution in [-0.2, 0) is 4.79 Å². The molecule has 0 spiro atoms. The first-order chi connectivity index (χ1) is 7.08. The molecule has 2 nitrogen and oxygen atoms in total. The van der Waals surface area contributed by atoms with Gasteiger partial charge in [-0.15, -0.1) is 0 Å². The molecule has 1 amide bonds. The van der Waals surface area contributed by atoms with Gasteiger partial charge in [0, 0.05) is 12.5 Å². The van der Waals surface area contributed by atoms with Gasteiger partial charge in [0.15, 0.2) is 0 Å². The van der Waals surface area contributed by atoms with Gasteiger partial charge >= 0.3 is 0 Å². The van der Waals surface area contributed by atoms with Crippen molar-refractivity contribution >= 4 is 5.91 Å². The zero-order valence-corrected chi connectivity index (χ0v) is 10.2. The zero-order chi connectivity index (χ0) is 11.3. The van der Waals surface area contributed by atoms with E-state index >= 15 is 0 Å². The number of carbonyl (C=O) groups excluding carboxylic acids is 1. The summed E-state index contributed by atoms with van der Waals surface area (Å²) in [6, 6.07) is 0. The molecular formula is C13H23NO. The maximum absolute atomic E-state index is 11.9. The minimum Gasteiger partial charge on any atom is -0.356 e. The minimum atomic E-state index is 0.199. The highest BCUT2D eigenvalue weighted by atomic mass is 16.1. The Morgan fingerprint density at radius 1 is 1.53 bits per heavy atom. The van der Waals surface area contributed by atoms with Crippen molar-refractivity contribution < 1.29 is 4.79 Å². The lowest BCUT2D eigenvalue weighted by atomic mass is 9.81. The van der Waals surface area contributed by atoms with Gasteiger partial charge < -0.3 is 5.32 Å². The van der Waals surface area contributed by atoms with Crippen molar-refractivity contribution in [3.63, 3.8) is 0 Å². The zero-order valence-electron chi connectivity index (χ0n) is 10.2. The molecule has 0 bridgehead atoms. The van der Waals surface area contributed by atoms with Crippen molar-refractivity contribution in [2.45, 2.75) is 46.5 Å². The molecule has 0 heterocycles. The van der Waals surface area contributed by atoms with Crippen LogP contribution in [0.5, 0.6) is 0 Å². The van der Waals surface area contributed by atoms with Crippen LogP contribution in [0.1, 0.15) is 46.5 Å². The second-order valence-electron chi connectivity index (χ2n) is 5.08. The molecule has 1 aliphatic carbocycles. The van der Waals surface area contributed by atoms with Crippen LogP contribution in [0.3, 0.4) is 0 Å². The number of hydrogen-bond acceptors (Lipinski definition) is 1. The van der Waals surface area contributed by atoms with E-state index in [2.05, 4.69) is 25.2 Å². The average molecular weight is 209 g/mol. The highest BCUT2D eigenvalue weighted by molar-refractivity contribution is 5.79. The SMILES string of the molecule is C/C=C/CCNC(=O)C1CCCC1(C)C. The smallest absolute Gasteiger partial charge is 0.223 e. The molecule has 1 atom stereocenters. The molecule has 1 unspecified atom stereocenters. The quantitative estimate of drug-likeness (QED) is 0.560. The predicted octanol–water partition coefficient (Wildman–Crippen LogP) is 2.90. The first-order valence-electron chi connectivity index (χ1n) is 5.97. The summed E-state index contributed by atoms with van der Waals surface area (Å²) in [5, 5.41) is 3.02. The Bertz CT molecular complexity index is 243. The van der Waals surface area contributed by atoms with Crippen LogP contribution in [0.4, 0.5) is 0 Å². The summed E-state index contributed by atoms with van der Waals surface area (Å²) in [7, 11) is 0. The molecule has 1 N–H and O–H groups in total. The third-order valence-electron chi connectivity index (χ3n) is 3.42. The molecule has 1 fully saturated rings. The van der Waals surface area contributed by atoms with E-state index in [1.165, 1.54) is 12.8 Å². The van der Waals surface area contributed by atoms with E-state index in [-0.39, 0.29) is 17.2 Å². The van der Waals surface area contributed by atoms with E-state index in [1.807, 2.05) is 13.0 Å². The Hall–Kier alpha value is -0.790. The molecule has 1 aliphatic rings. The molecule has 86 valence electrons. The Balaban J connectivity index is 2.34. The number of allylic oxidation sites excluding steroid dienone is 1. The minimum absolute atomic E-state index is 0.199. The van der Waals surface area contributed by atoms with Crippen molar-refractivity contribution in [3.05, 3.63) is 12.2 Å². The first kappa shape index (κ1) is 12.3. The largest absolute Gasteiger partial charge is 0.356 e. The van der Waals surface area contributed by atoms with E-state index in [0.717, 1.165) is 19.4 Å². The summed E-state index contributed by atoms with van der Waals surface area (Å²) in [5.41, 5.74) is 0.199. The van der Waals surface area contributed by atoms with Gasteiger partial charge in [-0.1, -0.05) is 32.4 Å². The van der Waals surface area contributed by atoms with E-state index in [9.17, 15) is 4.79 Å². The van der Waals surface area contributed by atoms with Crippen LogP contribution in [0, 0.1) is 11.3 Å². The van der Waals surface area contributed by atoms with Crippen LogP contribution in [0.15, 0.2) is 12.2 Å². The lowest BCUT2D eigenvalue weighted by Gasteiger charge is -2.25. The topological polar surface area (TPSA) is 29.1 Å². The molecule has 0 aromatic heterocycles. The summed E-state index contributed by atoms with van der Waals surface area (Å²) in [6.07, 6.45) is 8.48. The molecule has 0 aliphatic heterocycles. The lowest BCUT2D eigenvalue weighted by molar-refractivity contribution is -0.127. The van der Waals surface area contributed by atoms with E-state index in [1.54, 1.807) is 0 Å². The summed E-state index contributed by atoms with van der Waals surface area (Å²) in [5.74, 6) is 0.477. The third-order valence-corrected chi connectivity index (χ3v) is 3.42. The van der Waals surface area contributed by atoms with Crippen LogP contribution < -0.4 is 5.32 Å². The van der Waals surface area contributed by atoms with Crippen molar-refractivity contribution in [3.8, 4) is 0 Å². The number of hydrogen-bond donors (Lipinski definition) is 1. The molecule has 0 saturated heterocycles. The van der Waals surface area contributed by atoms with Gasteiger partial charge in [-0.3, -0.25) is 4.79 Å².